The quantitative estimate of drug-likeness (QED) is 0.126. The Morgan fingerprint density at radius 3 is 2.24 bits per heavy atom. The maximum absolute atomic E-state index is 13.5. The Bertz CT molecular complexity index is 1140. The van der Waals surface area contributed by atoms with Crippen molar-refractivity contribution in [2.75, 3.05) is 26.2 Å². The Labute approximate surface area is 216 Å². The van der Waals surface area contributed by atoms with E-state index >= 15 is 0 Å². The standard InChI is InChI=1S/C28H34FN3O5/c1-3-5-15-30(16-6-4-2)17-8-18-31-25(21-9-7-10-23(19-21)32(36)37)24(27(34)28(31)35)26(33)20-11-13-22(29)14-12-20/h7,9-14,19,25,33H,3-6,8,15-18H2,1-2H3/b26-24-. The van der Waals surface area contributed by atoms with Crippen molar-refractivity contribution in [1.82, 2.24) is 9.80 Å². The van der Waals surface area contributed by atoms with E-state index in [2.05, 4.69) is 18.7 Å². The molecule has 0 spiro atoms. The Morgan fingerprint density at radius 2 is 1.65 bits per heavy atom. The lowest BCUT2D eigenvalue weighted by Gasteiger charge is -2.27. The Kier molecular flexibility index (Phi) is 9.91. The average molecular weight is 512 g/mol. The molecule has 198 valence electrons. The molecule has 9 heteroatoms. The third-order valence-corrected chi connectivity index (χ3v) is 6.58. The minimum absolute atomic E-state index is 0.161. The van der Waals surface area contributed by atoms with E-state index in [9.17, 15) is 29.2 Å². The van der Waals surface area contributed by atoms with Crippen LogP contribution in [0, 0.1) is 15.9 Å². The van der Waals surface area contributed by atoms with Gasteiger partial charge < -0.3 is 14.9 Å². The predicted molar refractivity (Wildman–Crippen MR) is 139 cm³/mol. The zero-order valence-corrected chi connectivity index (χ0v) is 21.4. The van der Waals surface area contributed by atoms with E-state index < -0.39 is 34.2 Å². The Balaban J connectivity index is 1.96. The molecule has 1 amide bonds. The zero-order chi connectivity index (χ0) is 26.9. The van der Waals surface area contributed by atoms with Crippen LogP contribution in [0.2, 0.25) is 0 Å². The van der Waals surface area contributed by atoms with Gasteiger partial charge in [-0.3, -0.25) is 19.7 Å². The molecule has 1 fully saturated rings. The maximum Gasteiger partial charge on any atom is 0.295 e. The van der Waals surface area contributed by atoms with Gasteiger partial charge in [0, 0.05) is 24.2 Å². The second kappa shape index (κ2) is 13.1. The van der Waals surface area contributed by atoms with Crippen molar-refractivity contribution < 1.29 is 24.0 Å². The highest BCUT2D eigenvalue weighted by molar-refractivity contribution is 6.46. The number of hydrogen-bond acceptors (Lipinski definition) is 6. The van der Waals surface area contributed by atoms with Crippen molar-refractivity contribution in [3.63, 3.8) is 0 Å². The lowest BCUT2D eigenvalue weighted by atomic mass is 9.95. The molecular weight excluding hydrogens is 477 g/mol. The fourth-order valence-corrected chi connectivity index (χ4v) is 4.59. The number of ketones is 1. The van der Waals surface area contributed by atoms with Crippen molar-refractivity contribution in [3.05, 3.63) is 81.2 Å². The number of carbonyl (C=O) groups is 2. The van der Waals surface area contributed by atoms with Crippen molar-refractivity contribution in [2.24, 2.45) is 0 Å². The topological polar surface area (TPSA) is 104 Å². The molecule has 2 aromatic carbocycles. The summed E-state index contributed by atoms with van der Waals surface area (Å²) in [5, 5.41) is 22.5. The average Bonchev–Trinajstić information content (AvgIpc) is 3.15. The minimum atomic E-state index is -0.996. The molecule has 1 aliphatic rings. The van der Waals surface area contributed by atoms with Crippen molar-refractivity contribution in [1.29, 1.82) is 0 Å². The van der Waals surface area contributed by atoms with Crippen LogP contribution in [0.25, 0.3) is 5.76 Å². The number of Topliss-reactive ketones (excluding diaryl/α,β-unsaturated/α-hetero) is 1. The molecule has 0 saturated carbocycles. The third-order valence-electron chi connectivity index (χ3n) is 6.58. The summed E-state index contributed by atoms with van der Waals surface area (Å²) in [6.07, 6.45) is 4.89. The summed E-state index contributed by atoms with van der Waals surface area (Å²) < 4.78 is 13.5. The first-order valence-electron chi connectivity index (χ1n) is 12.8. The number of halogens is 1. The second-order valence-corrected chi connectivity index (χ2v) is 9.25. The molecule has 0 aromatic heterocycles. The number of rotatable bonds is 13. The third kappa shape index (κ3) is 6.80. The van der Waals surface area contributed by atoms with Gasteiger partial charge in [-0.2, -0.15) is 0 Å². The van der Waals surface area contributed by atoms with Crippen LogP contribution in [0.5, 0.6) is 0 Å². The summed E-state index contributed by atoms with van der Waals surface area (Å²) >= 11 is 0. The number of likely N-dealkylation sites (tertiary alicyclic amines) is 1. The number of unbranched alkanes of at least 4 members (excludes halogenated alkanes) is 2. The van der Waals surface area contributed by atoms with Crippen LogP contribution in [-0.2, 0) is 9.59 Å². The number of aliphatic hydroxyl groups excluding tert-OH is 1. The summed E-state index contributed by atoms with van der Waals surface area (Å²) in [6, 6.07) is 9.68. The van der Waals surface area contributed by atoms with E-state index in [-0.39, 0.29) is 23.4 Å². The Hall–Kier alpha value is -3.59. The number of hydrogen-bond donors (Lipinski definition) is 1. The van der Waals surface area contributed by atoms with Crippen molar-refractivity contribution >= 4 is 23.1 Å². The monoisotopic (exact) mass is 511 g/mol. The molecule has 1 unspecified atom stereocenters. The number of aliphatic hydroxyl groups is 1. The molecule has 1 aliphatic heterocycles. The number of nitro groups is 1. The lowest BCUT2D eigenvalue weighted by molar-refractivity contribution is -0.384. The van der Waals surface area contributed by atoms with E-state index in [0.717, 1.165) is 57.5 Å². The van der Waals surface area contributed by atoms with Gasteiger partial charge >= 0.3 is 0 Å². The SMILES string of the molecule is CCCCN(CCCC)CCCN1C(=O)C(=O)/C(=C(\O)c2ccc(F)cc2)C1c1cccc([N+](=O)[O-])c1. The summed E-state index contributed by atoms with van der Waals surface area (Å²) in [6.45, 7) is 7.16. The van der Waals surface area contributed by atoms with Gasteiger partial charge in [-0.1, -0.05) is 38.8 Å². The van der Waals surface area contributed by atoms with Gasteiger partial charge in [0.2, 0.25) is 0 Å². The number of non-ortho nitro benzene ring substituents is 1. The van der Waals surface area contributed by atoms with Gasteiger partial charge in [-0.05, 0) is 68.7 Å². The van der Waals surface area contributed by atoms with Crippen LogP contribution < -0.4 is 0 Å². The van der Waals surface area contributed by atoms with Crippen molar-refractivity contribution in [3.8, 4) is 0 Å². The highest BCUT2D eigenvalue weighted by Gasteiger charge is 2.46. The lowest BCUT2D eigenvalue weighted by Crippen LogP contribution is -2.34. The highest BCUT2D eigenvalue weighted by Crippen LogP contribution is 2.40. The van der Waals surface area contributed by atoms with Gasteiger partial charge in [-0.15, -0.1) is 0 Å². The molecule has 1 heterocycles. The fourth-order valence-electron chi connectivity index (χ4n) is 4.59. The van der Waals surface area contributed by atoms with Gasteiger partial charge in [0.1, 0.15) is 11.6 Å². The van der Waals surface area contributed by atoms with Crippen LogP contribution in [0.1, 0.15) is 63.1 Å². The number of nitro benzene ring substituents is 1. The zero-order valence-electron chi connectivity index (χ0n) is 21.4. The largest absolute Gasteiger partial charge is 0.507 e. The molecule has 8 nitrogen and oxygen atoms in total. The molecule has 1 atom stereocenters. The van der Waals surface area contributed by atoms with E-state index in [1.807, 2.05) is 0 Å². The molecule has 0 aliphatic carbocycles. The minimum Gasteiger partial charge on any atom is -0.507 e. The highest BCUT2D eigenvalue weighted by atomic mass is 19.1. The smallest absolute Gasteiger partial charge is 0.295 e. The Morgan fingerprint density at radius 1 is 1.03 bits per heavy atom. The van der Waals surface area contributed by atoms with Crippen molar-refractivity contribution in [2.45, 2.75) is 52.0 Å². The van der Waals surface area contributed by atoms with E-state index in [4.69, 9.17) is 0 Å². The van der Waals surface area contributed by atoms with Gasteiger partial charge in [0.25, 0.3) is 17.4 Å². The van der Waals surface area contributed by atoms with Crippen LogP contribution in [-0.4, -0.2) is 57.7 Å². The normalized spacial score (nSPS) is 17.1. The number of carbonyl (C=O) groups excluding carboxylic acids is 2. The first-order chi connectivity index (χ1) is 17.8. The first kappa shape index (κ1) is 28.0. The van der Waals surface area contributed by atoms with Gasteiger partial charge in [0.15, 0.2) is 0 Å². The van der Waals surface area contributed by atoms with Crippen LogP contribution in [0.4, 0.5) is 10.1 Å². The fraction of sp³-hybridized carbons (Fsp3) is 0.429. The van der Waals surface area contributed by atoms with Crippen LogP contribution in [0.15, 0.2) is 54.1 Å². The molecular formula is C28H34FN3O5. The van der Waals surface area contributed by atoms with Gasteiger partial charge in [-0.25, -0.2) is 4.39 Å². The molecule has 0 bridgehead atoms. The molecule has 37 heavy (non-hydrogen) atoms. The summed E-state index contributed by atoms with van der Waals surface area (Å²) in [7, 11) is 0. The summed E-state index contributed by atoms with van der Waals surface area (Å²) in [5.74, 6) is -2.59. The number of benzene rings is 2. The predicted octanol–water partition coefficient (Wildman–Crippen LogP) is 5.45. The number of nitrogens with zero attached hydrogens (tertiary/aromatic N) is 3. The number of amides is 1. The molecule has 2 aromatic rings. The first-order valence-corrected chi connectivity index (χ1v) is 12.8. The molecule has 0 radical (unpaired) electrons. The molecule has 3 rings (SSSR count). The van der Waals surface area contributed by atoms with Crippen LogP contribution >= 0.6 is 0 Å². The molecule has 1 N–H and O–H groups in total. The van der Waals surface area contributed by atoms with E-state index in [1.54, 1.807) is 6.07 Å². The van der Waals surface area contributed by atoms with Crippen LogP contribution in [0.3, 0.4) is 0 Å². The second-order valence-electron chi connectivity index (χ2n) is 9.25. The van der Waals surface area contributed by atoms with E-state index in [1.165, 1.54) is 35.2 Å². The maximum atomic E-state index is 13.5. The van der Waals surface area contributed by atoms with E-state index in [0.29, 0.717) is 12.0 Å². The summed E-state index contributed by atoms with van der Waals surface area (Å²) in [4.78, 5) is 40.9. The molecule has 1 saturated heterocycles. The van der Waals surface area contributed by atoms with Gasteiger partial charge in [0.05, 0.1) is 16.5 Å². The summed E-state index contributed by atoms with van der Waals surface area (Å²) in [5.41, 5.74) is 0.187.